The van der Waals surface area contributed by atoms with Gasteiger partial charge >= 0.3 is 0 Å². The molecule has 136 valence electrons. The molecule has 2 heterocycles. The average Bonchev–Trinajstić information content (AvgIpc) is 2.97. The number of fused-ring (bicyclic) bond motifs is 3. The molecule has 1 aliphatic heterocycles. The zero-order chi connectivity index (χ0) is 18.3. The summed E-state index contributed by atoms with van der Waals surface area (Å²) in [6.45, 7) is 8.98. The molecule has 2 heteroatoms. The second kappa shape index (κ2) is 6.92. The van der Waals surface area contributed by atoms with Gasteiger partial charge in [-0.25, -0.2) is 0 Å². The van der Waals surface area contributed by atoms with Crippen molar-refractivity contribution in [2.75, 3.05) is 13.6 Å². The van der Waals surface area contributed by atoms with Crippen molar-refractivity contribution in [2.45, 2.75) is 52.6 Å². The lowest BCUT2D eigenvalue weighted by molar-refractivity contribution is 0.245. The first-order valence-corrected chi connectivity index (χ1v) is 9.98. The topological polar surface area (TPSA) is 8.17 Å². The van der Waals surface area contributed by atoms with Gasteiger partial charge in [0.05, 0.1) is 0 Å². The lowest BCUT2D eigenvalue weighted by atomic mass is 9.96. The van der Waals surface area contributed by atoms with Crippen molar-refractivity contribution in [3.8, 4) is 0 Å². The highest BCUT2D eigenvalue weighted by Crippen LogP contribution is 2.37. The molecule has 3 aromatic rings. The molecule has 0 bridgehead atoms. The Labute approximate surface area is 157 Å². The molecule has 0 saturated carbocycles. The van der Waals surface area contributed by atoms with Crippen molar-refractivity contribution in [1.29, 1.82) is 0 Å². The maximum atomic E-state index is 2.60. The smallest absolute Gasteiger partial charge is 0.0486 e. The van der Waals surface area contributed by atoms with Gasteiger partial charge in [-0.15, -0.1) is 0 Å². The number of nitrogens with zero attached hydrogens (tertiary/aromatic N) is 2. The summed E-state index contributed by atoms with van der Waals surface area (Å²) in [5, 5.41) is 1.47. The van der Waals surface area contributed by atoms with Crippen LogP contribution in [-0.4, -0.2) is 23.1 Å². The molecule has 2 aromatic carbocycles. The van der Waals surface area contributed by atoms with E-state index in [2.05, 4.69) is 79.8 Å². The van der Waals surface area contributed by atoms with Crippen LogP contribution >= 0.6 is 0 Å². The van der Waals surface area contributed by atoms with Crippen LogP contribution in [0.1, 0.15) is 47.8 Å². The molecule has 4 rings (SSSR count). The number of aromatic nitrogens is 1. The molecule has 0 amide bonds. The van der Waals surface area contributed by atoms with Crippen molar-refractivity contribution >= 4 is 10.9 Å². The maximum Gasteiger partial charge on any atom is 0.0486 e. The second-order valence-corrected chi connectivity index (χ2v) is 7.86. The van der Waals surface area contributed by atoms with Gasteiger partial charge < -0.3 is 4.57 Å². The van der Waals surface area contributed by atoms with E-state index in [-0.39, 0.29) is 0 Å². The van der Waals surface area contributed by atoms with E-state index in [1.54, 1.807) is 11.3 Å². The minimum Gasteiger partial charge on any atom is -0.344 e. The molecule has 0 aliphatic carbocycles. The van der Waals surface area contributed by atoms with Gasteiger partial charge in [-0.05, 0) is 62.6 Å². The van der Waals surface area contributed by atoms with Crippen LogP contribution in [0, 0.1) is 6.92 Å². The Bertz CT molecular complexity index is 918. The minimum absolute atomic E-state index is 0.494. The van der Waals surface area contributed by atoms with Gasteiger partial charge in [0.15, 0.2) is 0 Å². The Kier molecular flexibility index (Phi) is 4.62. The molecule has 0 fully saturated rings. The fourth-order valence-corrected chi connectivity index (χ4v) is 4.38. The third-order valence-electron chi connectivity index (χ3n) is 6.21. The molecule has 1 unspecified atom stereocenters. The van der Waals surface area contributed by atoms with Gasteiger partial charge in [0.2, 0.25) is 0 Å². The molecular formula is C24H30N2. The van der Waals surface area contributed by atoms with Crippen LogP contribution in [0.25, 0.3) is 10.9 Å². The SMILES string of the molecule is CCc1ccc2c(c1)c1c(n2CCc2ccc(C)cc2)CCN(C)C1C. The monoisotopic (exact) mass is 346 g/mol. The number of aryl methyl sites for hydroxylation is 4. The van der Waals surface area contributed by atoms with Crippen LogP contribution in [0.4, 0.5) is 0 Å². The molecule has 2 nitrogen and oxygen atoms in total. The van der Waals surface area contributed by atoms with Gasteiger partial charge in [0.25, 0.3) is 0 Å². The zero-order valence-corrected chi connectivity index (χ0v) is 16.5. The third kappa shape index (κ3) is 2.97. The van der Waals surface area contributed by atoms with E-state index in [1.165, 1.54) is 27.6 Å². The standard InChI is InChI=1S/C24H30N2/c1-5-19-10-11-22-21(16-19)24-18(3)25(4)14-13-23(24)26(22)15-12-20-8-6-17(2)7-9-20/h6-11,16,18H,5,12-15H2,1-4H3. The summed E-state index contributed by atoms with van der Waals surface area (Å²) in [4.78, 5) is 2.49. The van der Waals surface area contributed by atoms with Crippen LogP contribution < -0.4 is 0 Å². The van der Waals surface area contributed by atoms with Gasteiger partial charge in [0, 0.05) is 42.1 Å². The van der Waals surface area contributed by atoms with Crippen LogP contribution in [0.5, 0.6) is 0 Å². The van der Waals surface area contributed by atoms with Crippen molar-refractivity contribution in [3.05, 3.63) is 70.4 Å². The minimum atomic E-state index is 0.494. The van der Waals surface area contributed by atoms with E-state index in [0.29, 0.717) is 6.04 Å². The number of hydrogen-bond donors (Lipinski definition) is 0. The molecule has 0 spiro atoms. The Balaban J connectivity index is 1.77. The predicted octanol–water partition coefficient (Wildman–Crippen LogP) is 5.30. The fourth-order valence-electron chi connectivity index (χ4n) is 4.38. The van der Waals surface area contributed by atoms with E-state index >= 15 is 0 Å². The fraction of sp³-hybridized carbons (Fsp3) is 0.417. The summed E-state index contributed by atoms with van der Waals surface area (Å²) in [7, 11) is 2.26. The van der Waals surface area contributed by atoms with Gasteiger partial charge in [-0.2, -0.15) is 0 Å². The summed E-state index contributed by atoms with van der Waals surface area (Å²) in [6, 6.07) is 16.6. The van der Waals surface area contributed by atoms with Gasteiger partial charge in [-0.3, -0.25) is 4.90 Å². The van der Waals surface area contributed by atoms with Crippen LogP contribution in [0.15, 0.2) is 42.5 Å². The van der Waals surface area contributed by atoms with E-state index in [0.717, 1.165) is 32.4 Å². The second-order valence-electron chi connectivity index (χ2n) is 7.86. The predicted molar refractivity (Wildman–Crippen MR) is 111 cm³/mol. The summed E-state index contributed by atoms with van der Waals surface area (Å²) in [5.41, 5.74) is 8.75. The molecule has 26 heavy (non-hydrogen) atoms. The summed E-state index contributed by atoms with van der Waals surface area (Å²) in [5.74, 6) is 0. The van der Waals surface area contributed by atoms with Crippen LogP contribution in [0.2, 0.25) is 0 Å². The Hall–Kier alpha value is -2.06. The lowest BCUT2D eigenvalue weighted by Gasteiger charge is -2.31. The number of benzene rings is 2. The highest BCUT2D eigenvalue weighted by atomic mass is 15.1. The third-order valence-corrected chi connectivity index (χ3v) is 6.21. The Morgan fingerprint density at radius 3 is 2.50 bits per heavy atom. The normalized spacial score (nSPS) is 17.6. The first-order valence-electron chi connectivity index (χ1n) is 9.98. The zero-order valence-electron chi connectivity index (χ0n) is 16.5. The molecular weight excluding hydrogens is 316 g/mol. The van der Waals surface area contributed by atoms with Crippen molar-refractivity contribution < 1.29 is 0 Å². The average molecular weight is 347 g/mol. The van der Waals surface area contributed by atoms with Crippen LogP contribution in [0.3, 0.4) is 0 Å². The maximum absolute atomic E-state index is 2.60. The molecule has 0 radical (unpaired) electrons. The molecule has 1 atom stereocenters. The summed E-state index contributed by atoms with van der Waals surface area (Å²) < 4.78 is 2.60. The largest absolute Gasteiger partial charge is 0.344 e. The highest BCUT2D eigenvalue weighted by Gasteiger charge is 2.27. The van der Waals surface area contributed by atoms with Gasteiger partial charge in [0.1, 0.15) is 0 Å². The van der Waals surface area contributed by atoms with E-state index < -0.39 is 0 Å². The van der Waals surface area contributed by atoms with Gasteiger partial charge in [-0.1, -0.05) is 42.8 Å². The Morgan fingerprint density at radius 2 is 1.77 bits per heavy atom. The quantitative estimate of drug-likeness (QED) is 0.622. The highest BCUT2D eigenvalue weighted by molar-refractivity contribution is 5.87. The molecule has 0 N–H and O–H groups in total. The molecule has 1 aliphatic rings. The first kappa shape index (κ1) is 17.4. The molecule has 0 saturated heterocycles. The van der Waals surface area contributed by atoms with Crippen molar-refractivity contribution in [3.63, 3.8) is 0 Å². The lowest BCUT2D eigenvalue weighted by Crippen LogP contribution is -2.31. The van der Waals surface area contributed by atoms with Crippen LogP contribution in [-0.2, 0) is 25.8 Å². The van der Waals surface area contributed by atoms with E-state index in [1.807, 2.05) is 0 Å². The first-order chi connectivity index (χ1) is 12.6. The number of rotatable bonds is 4. The van der Waals surface area contributed by atoms with E-state index in [4.69, 9.17) is 0 Å². The molecule has 1 aromatic heterocycles. The van der Waals surface area contributed by atoms with Crippen molar-refractivity contribution in [1.82, 2.24) is 9.47 Å². The van der Waals surface area contributed by atoms with E-state index in [9.17, 15) is 0 Å². The Morgan fingerprint density at radius 1 is 1.04 bits per heavy atom. The summed E-state index contributed by atoms with van der Waals surface area (Å²) >= 11 is 0. The number of hydrogen-bond acceptors (Lipinski definition) is 1. The summed E-state index contributed by atoms with van der Waals surface area (Å²) in [6.07, 6.45) is 3.35. The number of likely N-dealkylation sites (N-methyl/N-ethyl adjacent to an activating group) is 1. The van der Waals surface area contributed by atoms with Crippen molar-refractivity contribution in [2.24, 2.45) is 0 Å².